The Labute approximate surface area is 265 Å². The Morgan fingerprint density at radius 3 is 2.14 bits per heavy atom. The number of carbonyl (C=O) groups excluding carboxylic acids is 2. The zero-order valence-electron chi connectivity index (χ0n) is 25.2. The standard InChI is InChI=1S/C35H38ClN3O4S/c1-4-27(3)37-35(41)33(23-28-15-7-5-8-16-28)38(24-29-17-11-12-21-32(29)36)34(40)25-39(30-18-13-14-26(2)22-30)44(42,43)31-19-9-6-10-20-31/h5-22,27,33H,4,23-25H2,1-3H3,(H,37,41). The lowest BCUT2D eigenvalue weighted by molar-refractivity contribution is -0.140. The lowest BCUT2D eigenvalue weighted by atomic mass is 10.0. The summed E-state index contributed by atoms with van der Waals surface area (Å²) in [6.45, 7) is 5.23. The average Bonchev–Trinajstić information content (AvgIpc) is 3.03. The van der Waals surface area contributed by atoms with E-state index in [0.29, 0.717) is 22.7 Å². The van der Waals surface area contributed by atoms with Gasteiger partial charge in [0.1, 0.15) is 12.6 Å². The van der Waals surface area contributed by atoms with Crippen molar-refractivity contribution in [3.63, 3.8) is 0 Å². The summed E-state index contributed by atoms with van der Waals surface area (Å²) in [5.41, 5.74) is 2.70. The zero-order chi connectivity index (χ0) is 31.7. The number of benzene rings is 4. The largest absolute Gasteiger partial charge is 0.352 e. The second-order valence-corrected chi connectivity index (χ2v) is 13.1. The van der Waals surface area contributed by atoms with Gasteiger partial charge in [0.15, 0.2) is 0 Å². The summed E-state index contributed by atoms with van der Waals surface area (Å²) in [5, 5.41) is 3.48. The summed E-state index contributed by atoms with van der Waals surface area (Å²) < 4.78 is 29.2. The van der Waals surface area contributed by atoms with Crippen LogP contribution in [0, 0.1) is 6.92 Å². The monoisotopic (exact) mass is 631 g/mol. The van der Waals surface area contributed by atoms with Gasteiger partial charge in [0, 0.05) is 24.0 Å². The van der Waals surface area contributed by atoms with E-state index in [2.05, 4.69) is 5.32 Å². The van der Waals surface area contributed by atoms with Crippen molar-refractivity contribution in [1.29, 1.82) is 0 Å². The third kappa shape index (κ3) is 8.27. The van der Waals surface area contributed by atoms with Crippen molar-refractivity contribution in [2.75, 3.05) is 10.8 Å². The van der Waals surface area contributed by atoms with Crippen LogP contribution in [0.3, 0.4) is 0 Å². The molecule has 1 N–H and O–H groups in total. The summed E-state index contributed by atoms with van der Waals surface area (Å²) in [6.07, 6.45) is 0.938. The molecule has 2 amide bonds. The SMILES string of the molecule is CCC(C)NC(=O)C(Cc1ccccc1)N(Cc1ccccc1Cl)C(=O)CN(c1cccc(C)c1)S(=O)(=O)c1ccccc1. The van der Waals surface area contributed by atoms with Crippen molar-refractivity contribution in [3.05, 3.63) is 131 Å². The highest BCUT2D eigenvalue weighted by Crippen LogP contribution is 2.26. The molecular formula is C35H38ClN3O4S. The topological polar surface area (TPSA) is 86.8 Å². The second-order valence-electron chi connectivity index (χ2n) is 10.8. The van der Waals surface area contributed by atoms with Gasteiger partial charge >= 0.3 is 0 Å². The molecule has 0 fully saturated rings. The van der Waals surface area contributed by atoms with Gasteiger partial charge in [-0.2, -0.15) is 0 Å². The van der Waals surface area contributed by atoms with Crippen molar-refractivity contribution >= 4 is 39.1 Å². The number of anilines is 1. The highest BCUT2D eigenvalue weighted by Gasteiger charge is 2.35. The molecule has 0 saturated carbocycles. The second kappa shape index (κ2) is 15.0. The van der Waals surface area contributed by atoms with Crippen molar-refractivity contribution in [2.24, 2.45) is 0 Å². The molecular weight excluding hydrogens is 594 g/mol. The maximum absolute atomic E-state index is 14.5. The lowest BCUT2D eigenvalue weighted by Gasteiger charge is -2.34. The maximum Gasteiger partial charge on any atom is 0.264 e. The molecule has 4 aromatic rings. The van der Waals surface area contributed by atoms with Crippen molar-refractivity contribution in [2.45, 2.75) is 57.1 Å². The Bertz CT molecular complexity index is 1670. The van der Waals surface area contributed by atoms with Crippen LogP contribution in [0.2, 0.25) is 5.02 Å². The van der Waals surface area contributed by atoms with Crippen LogP contribution in [0.15, 0.2) is 114 Å². The third-order valence-electron chi connectivity index (χ3n) is 7.47. The Balaban J connectivity index is 1.81. The molecule has 230 valence electrons. The minimum absolute atomic E-state index is 0.0109. The third-order valence-corrected chi connectivity index (χ3v) is 9.63. The molecule has 4 rings (SSSR count). The number of hydrogen-bond acceptors (Lipinski definition) is 4. The molecule has 0 aliphatic carbocycles. The lowest BCUT2D eigenvalue weighted by Crippen LogP contribution is -2.54. The van der Waals surface area contributed by atoms with Gasteiger partial charge in [-0.05, 0) is 67.3 Å². The van der Waals surface area contributed by atoms with E-state index in [1.165, 1.54) is 17.0 Å². The first kappa shape index (κ1) is 32.8. The van der Waals surface area contributed by atoms with E-state index in [4.69, 9.17) is 11.6 Å². The highest BCUT2D eigenvalue weighted by atomic mass is 35.5. The molecule has 0 aliphatic heterocycles. The normalized spacial score (nSPS) is 12.6. The maximum atomic E-state index is 14.5. The number of aryl methyl sites for hydroxylation is 1. The van der Waals surface area contributed by atoms with Gasteiger partial charge in [-0.3, -0.25) is 13.9 Å². The number of nitrogens with zero attached hydrogens (tertiary/aromatic N) is 2. The van der Waals surface area contributed by atoms with Gasteiger partial charge < -0.3 is 10.2 Å². The van der Waals surface area contributed by atoms with Crippen LogP contribution in [0.5, 0.6) is 0 Å². The van der Waals surface area contributed by atoms with E-state index < -0.39 is 28.5 Å². The molecule has 44 heavy (non-hydrogen) atoms. The van der Waals surface area contributed by atoms with Gasteiger partial charge in [0.2, 0.25) is 11.8 Å². The number of amides is 2. The molecule has 0 saturated heterocycles. The molecule has 0 heterocycles. The van der Waals surface area contributed by atoms with Gasteiger partial charge in [0.05, 0.1) is 10.6 Å². The summed E-state index contributed by atoms with van der Waals surface area (Å²) in [4.78, 5) is 29.9. The predicted octanol–water partition coefficient (Wildman–Crippen LogP) is 6.40. The Kier molecular flexibility index (Phi) is 11.2. The van der Waals surface area contributed by atoms with Crippen molar-refractivity contribution in [3.8, 4) is 0 Å². The number of hydrogen-bond donors (Lipinski definition) is 1. The summed E-state index contributed by atoms with van der Waals surface area (Å²) >= 11 is 6.55. The number of carbonyl (C=O) groups is 2. The van der Waals surface area contributed by atoms with Crippen molar-refractivity contribution < 1.29 is 18.0 Å². The molecule has 4 aromatic carbocycles. The van der Waals surface area contributed by atoms with Crippen LogP contribution in [0.4, 0.5) is 5.69 Å². The summed E-state index contributed by atoms with van der Waals surface area (Å²) in [5.74, 6) is -0.859. The minimum atomic E-state index is -4.15. The molecule has 7 nitrogen and oxygen atoms in total. The molecule has 0 bridgehead atoms. The quantitative estimate of drug-likeness (QED) is 0.185. The molecule has 0 radical (unpaired) electrons. The smallest absolute Gasteiger partial charge is 0.264 e. The fraction of sp³-hybridized carbons (Fsp3) is 0.257. The van der Waals surface area contributed by atoms with Crippen LogP contribution in [-0.2, 0) is 32.6 Å². The van der Waals surface area contributed by atoms with Gasteiger partial charge in [-0.25, -0.2) is 8.42 Å². The van der Waals surface area contributed by atoms with E-state index in [9.17, 15) is 18.0 Å². The van der Waals surface area contributed by atoms with Crippen LogP contribution >= 0.6 is 11.6 Å². The molecule has 9 heteroatoms. The zero-order valence-corrected chi connectivity index (χ0v) is 26.8. The predicted molar refractivity (Wildman–Crippen MR) is 176 cm³/mol. The summed E-state index contributed by atoms with van der Waals surface area (Å²) in [6, 6.07) is 30.5. The van der Waals surface area contributed by atoms with Crippen LogP contribution in [0.1, 0.15) is 37.0 Å². The van der Waals surface area contributed by atoms with Gasteiger partial charge in [-0.15, -0.1) is 0 Å². The molecule has 0 spiro atoms. The molecule has 2 atom stereocenters. The fourth-order valence-corrected chi connectivity index (χ4v) is 6.46. The highest BCUT2D eigenvalue weighted by molar-refractivity contribution is 7.92. The fourth-order valence-electron chi connectivity index (χ4n) is 4.84. The first-order valence-corrected chi connectivity index (χ1v) is 16.4. The Hall–Kier alpha value is -4.14. The molecule has 2 unspecified atom stereocenters. The Morgan fingerprint density at radius 1 is 0.864 bits per heavy atom. The first-order chi connectivity index (χ1) is 21.1. The number of nitrogens with one attached hydrogen (secondary N) is 1. The number of rotatable bonds is 13. The van der Waals surface area contributed by atoms with E-state index in [0.717, 1.165) is 15.4 Å². The van der Waals surface area contributed by atoms with Crippen LogP contribution in [0.25, 0.3) is 0 Å². The van der Waals surface area contributed by atoms with E-state index in [-0.39, 0.29) is 29.8 Å². The molecule has 0 aromatic heterocycles. The summed E-state index contributed by atoms with van der Waals surface area (Å²) in [7, 11) is -4.15. The minimum Gasteiger partial charge on any atom is -0.352 e. The van der Waals surface area contributed by atoms with Crippen LogP contribution < -0.4 is 9.62 Å². The van der Waals surface area contributed by atoms with Gasteiger partial charge in [0.25, 0.3) is 10.0 Å². The van der Waals surface area contributed by atoms with E-state index >= 15 is 0 Å². The van der Waals surface area contributed by atoms with Crippen molar-refractivity contribution in [1.82, 2.24) is 10.2 Å². The van der Waals surface area contributed by atoms with E-state index in [1.54, 1.807) is 54.6 Å². The number of sulfonamides is 1. The average molecular weight is 632 g/mol. The first-order valence-electron chi connectivity index (χ1n) is 14.6. The van der Waals surface area contributed by atoms with Gasteiger partial charge in [-0.1, -0.05) is 97.4 Å². The Morgan fingerprint density at radius 2 is 1.50 bits per heavy atom. The van der Waals surface area contributed by atoms with Crippen LogP contribution in [-0.4, -0.2) is 43.8 Å². The number of halogens is 1. The molecule has 0 aliphatic rings. The van der Waals surface area contributed by atoms with E-state index in [1.807, 2.05) is 63.2 Å².